The molecular formula is C23H27BrN4. The van der Waals surface area contributed by atoms with Gasteiger partial charge in [0, 0.05) is 44.9 Å². The van der Waals surface area contributed by atoms with Gasteiger partial charge in [0.25, 0.3) is 0 Å². The minimum atomic E-state index is 0.167. The molecule has 4 rings (SSSR count). The van der Waals surface area contributed by atoms with Crippen molar-refractivity contribution in [1.29, 1.82) is 0 Å². The smallest absolute Gasteiger partial charge is 0.140 e. The van der Waals surface area contributed by atoms with Crippen molar-refractivity contribution >= 4 is 15.9 Å². The monoisotopic (exact) mass is 438 g/mol. The van der Waals surface area contributed by atoms with Crippen molar-refractivity contribution in [3.05, 3.63) is 69.7 Å². The molecule has 1 aliphatic heterocycles. The Bertz CT molecular complexity index is 983. The first-order chi connectivity index (χ1) is 13.3. The maximum atomic E-state index is 4.99. The van der Waals surface area contributed by atoms with Crippen molar-refractivity contribution in [3.63, 3.8) is 0 Å². The summed E-state index contributed by atoms with van der Waals surface area (Å²) in [4.78, 5) is 11.8. The Morgan fingerprint density at radius 2 is 1.86 bits per heavy atom. The first-order valence-electron chi connectivity index (χ1n) is 9.80. The molecule has 5 heteroatoms. The summed E-state index contributed by atoms with van der Waals surface area (Å²) in [5.74, 6) is 1.06. The van der Waals surface area contributed by atoms with Gasteiger partial charge in [-0.2, -0.15) is 0 Å². The summed E-state index contributed by atoms with van der Waals surface area (Å²) in [6.45, 7) is 9.58. The Hall–Kier alpha value is -1.98. The summed E-state index contributed by atoms with van der Waals surface area (Å²) < 4.78 is 3.21. The van der Waals surface area contributed by atoms with Crippen molar-refractivity contribution in [2.24, 2.45) is 7.05 Å². The highest BCUT2D eigenvalue weighted by Crippen LogP contribution is 2.29. The van der Waals surface area contributed by atoms with Crippen LogP contribution in [-0.2, 0) is 32.0 Å². The van der Waals surface area contributed by atoms with Crippen LogP contribution in [0.4, 0.5) is 0 Å². The first-order valence-corrected chi connectivity index (χ1v) is 10.6. The molecule has 0 radical (unpaired) electrons. The summed E-state index contributed by atoms with van der Waals surface area (Å²) in [6.07, 6.45) is 2.81. The molecule has 2 aromatic heterocycles. The first kappa shape index (κ1) is 19.3. The standard InChI is InChI=1S/C23H27BrN4/c1-23(2,3)18-9-7-16(8-10-18)22-26-19-11-13-28(15-20(19)27(22)4)14-17-6-5-12-25-21(17)24/h5-10,12H,11,13-15H2,1-4H3. The lowest BCUT2D eigenvalue weighted by Gasteiger charge is -2.27. The predicted molar refractivity (Wildman–Crippen MR) is 117 cm³/mol. The zero-order chi connectivity index (χ0) is 19.9. The van der Waals surface area contributed by atoms with Gasteiger partial charge in [-0.1, -0.05) is 51.1 Å². The molecular weight excluding hydrogens is 412 g/mol. The van der Waals surface area contributed by atoms with E-state index in [1.165, 1.54) is 28.1 Å². The van der Waals surface area contributed by atoms with Gasteiger partial charge < -0.3 is 4.57 Å². The second-order valence-corrected chi connectivity index (χ2v) is 9.38. The summed E-state index contributed by atoms with van der Waals surface area (Å²) >= 11 is 3.57. The van der Waals surface area contributed by atoms with Gasteiger partial charge in [-0.05, 0) is 38.5 Å². The number of hydrogen-bond acceptors (Lipinski definition) is 3. The van der Waals surface area contributed by atoms with E-state index in [0.717, 1.165) is 36.5 Å². The molecule has 146 valence electrons. The Morgan fingerprint density at radius 3 is 2.54 bits per heavy atom. The molecule has 0 aliphatic carbocycles. The number of halogens is 1. The number of rotatable bonds is 3. The molecule has 3 aromatic rings. The van der Waals surface area contributed by atoms with Crippen LogP contribution in [0.3, 0.4) is 0 Å². The van der Waals surface area contributed by atoms with Crippen molar-refractivity contribution in [2.45, 2.75) is 45.7 Å². The van der Waals surface area contributed by atoms with Crippen LogP contribution in [0.2, 0.25) is 0 Å². The van der Waals surface area contributed by atoms with E-state index in [-0.39, 0.29) is 5.41 Å². The van der Waals surface area contributed by atoms with Crippen LogP contribution in [0.1, 0.15) is 43.3 Å². The molecule has 0 N–H and O–H groups in total. The van der Waals surface area contributed by atoms with Gasteiger partial charge in [0.1, 0.15) is 10.4 Å². The Balaban J connectivity index is 1.57. The molecule has 0 atom stereocenters. The Morgan fingerprint density at radius 1 is 1.11 bits per heavy atom. The zero-order valence-corrected chi connectivity index (χ0v) is 18.6. The van der Waals surface area contributed by atoms with Crippen LogP contribution in [0, 0.1) is 0 Å². The average molecular weight is 439 g/mol. The minimum Gasteiger partial charge on any atom is -0.330 e. The minimum absolute atomic E-state index is 0.167. The lowest BCUT2D eigenvalue weighted by Crippen LogP contribution is -2.31. The van der Waals surface area contributed by atoms with E-state index in [2.05, 4.69) is 88.5 Å². The molecule has 0 unspecified atom stereocenters. The van der Waals surface area contributed by atoms with Crippen LogP contribution < -0.4 is 0 Å². The van der Waals surface area contributed by atoms with Crippen molar-refractivity contribution in [3.8, 4) is 11.4 Å². The van der Waals surface area contributed by atoms with Crippen LogP contribution in [-0.4, -0.2) is 26.0 Å². The lowest BCUT2D eigenvalue weighted by molar-refractivity contribution is 0.237. The number of hydrogen-bond donors (Lipinski definition) is 0. The maximum absolute atomic E-state index is 4.99. The van der Waals surface area contributed by atoms with Gasteiger partial charge >= 0.3 is 0 Å². The van der Waals surface area contributed by atoms with E-state index in [1.807, 2.05) is 12.3 Å². The van der Waals surface area contributed by atoms with Gasteiger partial charge in [-0.3, -0.25) is 4.90 Å². The van der Waals surface area contributed by atoms with Gasteiger partial charge in [-0.15, -0.1) is 0 Å². The molecule has 1 aromatic carbocycles. The zero-order valence-electron chi connectivity index (χ0n) is 17.0. The number of pyridine rings is 1. The Labute approximate surface area is 175 Å². The maximum Gasteiger partial charge on any atom is 0.140 e. The third-order valence-electron chi connectivity index (χ3n) is 5.57. The summed E-state index contributed by atoms with van der Waals surface area (Å²) in [7, 11) is 2.14. The van der Waals surface area contributed by atoms with E-state index in [4.69, 9.17) is 4.98 Å². The van der Waals surface area contributed by atoms with E-state index < -0.39 is 0 Å². The van der Waals surface area contributed by atoms with Gasteiger partial charge in [0.15, 0.2) is 0 Å². The molecule has 28 heavy (non-hydrogen) atoms. The third-order valence-corrected chi connectivity index (χ3v) is 6.29. The Kier molecular flexibility index (Phi) is 5.15. The number of fused-ring (bicyclic) bond motifs is 1. The second-order valence-electron chi connectivity index (χ2n) is 8.63. The topological polar surface area (TPSA) is 34.0 Å². The van der Waals surface area contributed by atoms with E-state index >= 15 is 0 Å². The van der Waals surface area contributed by atoms with Crippen molar-refractivity contribution in [1.82, 2.24) is 19.4 Å². The average Bonchev–Trinajstić information content (AvgIpc) is 2.99. The number of imidazole rings is 1. The quantitative estimate of drug-likeness (QED) is 0.533. The van der Waals surface area contributed by atoms with Crippen LogP contribution >= 0.6 is 15.9 Å². The molecule has 0 saturated heterocycles. The molecule has 0 spiro atoms. The van der Waals surface area contributed by atoms with E-state index in [9.17, 15) is 0 Å². The summed E-state index contributed by atoms with van der Waals surface area (Å²) in [6, 6.07) is 13.0. The van der Waals surface area contributed by atoms with Crippen LogP contribution in [0.5, 0.6) is 0 Å². The van der Waals surface area contributed by atoms with Gasteiger partial charge in [0.2, 0.25) is 0 Å². The van der Waals surface area contributed by atoms with Crippen LogP contribution in [0.15, 0.2) is 47.2 Å². The number of benzene rings is 1. The van der Waals surface area contributed by atoms with E-state index in [0.29, 0.717) is 0 Å². The van der Waals surface area contributed by atoms with Crippen molar-refractivity contribution in [2.75, 3.05) is 6.54 Å². The molecule has 0 amide bonds. The highest BCUT2D eigenvalue weighted by Gasteiger charge is 2.24. The van der Waals surface area contributed by atoms with Gasteiger partial charge in [0.05, 0.1) is 11.4 Å². The molecule has 0 saturated carbocycles. The molecule has 0 bridgehead atoms. The normalized spacial score (nSPS) is 14.9. The SMILES string of the molecule is Cn1c(-c2ccc(C(C)(C)C)cc2)nc2c1CN(Cc1cccnc1Br)CC2. The van der Waals surface area contributed by atoms with Gasteiger partial charge in [-0.25, -0.2) is 9.97 Å². The number of aromatic nitrogens is 3. The summed E-state index contributed by atoms with van der Waals surface area (Å²) in [5.41, 5.74) is 6.49. The fourth-order valence-corrected chi connectivity index (χ4v) is 4.21. The van der Waals surface area contributed by atoms with E-state index in [1.54, 1.807) is 0 Å². The fourth-order valence-electron chi connectivity index (χ4n) is 3.83. The highest BCUT2D eigenvalue weighted by molar-refractivity contribution is 9.10. The predicted octanol–water partition coefficient (Wildman–Crippen LogP) is 5.10. The lowest BCUT2D eigenvalue weighted by atomic mass is 9.87. The second kappa shape index (κ2) is 7.45. The number of nitrogens with zero attached hydrogens (tertiary/aromatic N) is 4. The molecule has 3 heterocycles. The van der Waals surface area contributed by atoms with Crippen molar-refractivity contribution < 1.29 is 0 Å². The highest BCUT2D eigenvalue weighted by atomic mass is 79.9. The fraction of sp³-hybridized carbons (Fsp3) is 0.391. The third kappa shape index (κ3) is 3.78. The summed E-state index contributed by atoms with van der Waals surface area (Å²) in [5, 5.41) is 0. The molecule has 1 aliphatic rings. The van der Waals surface area contributed by atoms with Crippen LogP contribution in [0.25, 0.3) is 11.4 Å². The molecule has 0 fully saturated rings. The molecule has 4 nitrogen and oxygen atoms in total. The largest absolute Gasteiger partial charge is 0.330 e.